The number of aromatic hydroxyl groups is 2. The summed E-state index contributed by atoms with van der Waals surface area (Å²) < 4.78 is 2.04. The second-order valence-corrected chi connectivity index (χ2v) is 15.7. The highest BCUT2D eigenvalue weighted by Crippen LogP contribution is 2.37. The molecule has 0 saturated heterocycles. The Hall–Kier alpha value is -3.91. The molecule has 15 nitrogen and oxygen atoms in total. The van der Waals surface area contributed by atoms with Crippen molar-refractivity contribution in [1.82, 2.24) is 16.0 Å². The molecular formula is C35H44Br4N10O5. The van der Waals surface area contributed by atoms with Crippen molar-refractivity contribution in [2.45, 2.75) is 56.7 Å². The molecule has 0 heterocycles. The molecular weight excluding hydrogens is 960 g/mol. The van der Waals surface area contributed by atoms with E-state index in [4.69, 9.17) is 28.7 Å². The molecule has 0 aliphatic carbocycles. The maximum atomic E-state index is 14.0. The molecule has 0 unspecified atom stereocenters. The molecule has 0 radical (unpaired) electrons. The SMILES string of the molecule is NC(N)=NCCC[C@H](NC(=O)[C@H](Cc1ccc(-c2cc(Br)c(O)c(Br)c2)cc1)NC(=O)[C@@H](N)CCCN=C(N)N)C(=O)NCCc1cc(Br)c(O)c(Br)c1. The number of phenols is 2. The molecule has 3 amide bonds. The number of carbonyl (C=O) groups is 3. The average molecular weight is 1000 g/mol. The van der Waals surface area contributed by atoms with Crippen LogP contribution in [-0.2, 0) is 27.2 Å². The minimum absolute atomic E-state index is 0.0645. The Morgan fingerprint density at radius 2 is 1.15 bits per heavy atom. The Morgan fingerprint density at radius 3 is 1.69 bits per heavy atom. The van der Waals surface area contributed by atoms with Crippen molar-refractivity contribution >= 4 is 93.4 Å². The summed E-state index contributed by atoms with van der Waals surface area (Å²) in [7, 11) is 0. The van der Waals surface area contributed by atoms with Crippen LogP contribution < -0.4 is 44.6 Å². The van der Waals surface area contributed by atoms with E-state index in [0.29, 0.717) is 37.2 Å². The van der Waals surface area contributed by atoms with Gasteiger partial charge in [0.1, 0.15) is 23.6 Å². The van der Waals surface area contributed by atoms with Gasteiger partial charge in [-0.15, -0.1) is 0 Å². The molecule has 3 aromatic carbocycles. The number of carbonyl (C=O) groups excluding carboxylic acids is 3. The Kier molecular flexibility index (Phi) is 18.0. The predicted octanol–water partition coefficient (Wildman–Crippen LogP) is 3.12. The van der Waals surface area contributed by atoms with Gasteiger partial charge in [-0.25, -0.2) is 0 Å². The number of hydrogen-bond donors (Lipinski definition) is 10. The van der Waals surface area contributed by atoms with Gasteiger partial charge in [0.25, 0.3) is 0 Å². The van der Waals surface area contributed by atoms with Crippen LogP contribution in [0.3, 0.4) is 0 Å². The Labute approximate surface area is 346 Å². The van der Waals surface area contributed by atoms with E-state index in [9.17, 15) is 24.6 Å². The Morgan fingerprint density at radius 1 is 0.648 bits per heavy atom. The number of nitrogens with one attached hydrogen (secondary N) is 3. The van der Waals surface area contributed by atoms with Crippen molar-refractivity contribution in [3.63, 3.8) is 0 Å². The van der Waals surface area contributed by atoms with Crippen LogP contribution in [0.4, 0.5) is 0 Å². The lowest BCUT2D eigenvalue weighted by Crippen LogP contribution is -2.56. The lowest BCUT2D eigenvalue weighted by molar-refractivity contribution is -0.132. The zero-order valence-corrected chi connectivity index (χ0v) is 35.5. The fourth-order valence-corrected chi connectivity index (χ4v) is 7.67. The van der Waals surface area contributed by atoms with Gasteiger partial charge in [0.05, 0.1) is 23.9 Å². The van der Waals surface area contributed by atoms with Gasteiger partial charge in [0, 0.05) is 26.1 Å². The van der Waals surface area contributed by atoms with Crippen LogP contribution >= 0.6 is 63.7 Å². The Bertz CT molecular complexity index is 1790. The van der Waals surface area contributed by atoms with Crippen LogP contribution in [0.5, 0.6) is 11.5 Å². The van der Waals surface area contributed by atoms with Crippen molar-refractivity contribution in [2.24, 2.45) is 38.7 Å². The minimum Gasteiger partial charge on any atom is -0.506 e. The molecule has 0 fully saturated rings. The van der Waals surface area contributed by atoms with Crippen molar-refractivity contribution in [1.29, 1.82) is 0 Å². The van der Waals surface area contributed by atoms with Gasteiger partial charge < -0.3 is 54.8 Å². The number of amides is 3. The van der Waals surface area contributed by atoms with Gasteiger partial charge >= 0.3 is 0 Å². The standard InChI is InChI=1S/C35H44Br4N10O5/c36-22-13-19(14-23(37)29(22)50)9-12-45-32(53)27(4-2-11-47-35(43)44)48-33(54)28(49-31(52)26(40)3-1-10-46-34(41)42)15-18-5-7-20(8-6-18)21-16-24(38)30(51)25(39)17-21/h5-8,13-14,16-17,26-28,50-51H,1-4,9-12,15,40H2,(H,45,53)(H,48,54)(H,49,52)(H4,41,42,46)(H4,43,44,47)/t26-,27-,28-/m0/s1. The summed E-state index contributed by atoms with van der Waals surface area (Å²) in [6.07, 6.45) is 1.77. The number of phenolic OH excluding ortho intramolecular Hbond substituents is 2. The lowest BCUT2D eigenvalue weighted by Gasteiger charge is -2.24. The van der Waals surface area contributed by atoms with Crippen LogP contribution in [-0.4, -0.2) is 77.6 Å². The first kappa shape index (κ1) is 44.5. The molecule has 292 valence electrons. The van der Waals surface area contributed by atoms with E-state index in [-0.39, 0.29) is 62.3 Å². The maximum Gasteiger partial charge on any atom is 0.243 e. The van der Waals surface area contributed by atoms with Gasteiger partial charge in [0.2, 0.25) is 17.7 Å². The molecule has 54 heavy (non-hydrogen) atoms. The third-order valence-corrected chi connectivity index (χ3v) is 10.5. The number of guanidine groups is 2. The smallest absolute Gasteiger partial charge is 0.243 e. The van der Waals surface area contributed by atoms with Gasteiger partial charge in [0.15, 0.2) is 11.9 Å². The monoisotopic (exact) mass is 1000 g/mol. The van der Waals surface area contributed by atoms with Crippen LogP contribution in [0.15, 0.2) is 76.4 Å². The van der Waals surface area contributed by atoms with Crippen molar-refractivity contribution in [2.75, 3.05) is 19.6 Å². The first-order chi connectivity index (χ1) is 25.5. The number of nitrogens with zero attached hydrogens (tertiary/aromatic N) is 2. The lowest BCUT2D eigenvalue weighted by atomic mass is 9.99. The van der Waals surface area contributed by atoms with Crippen LogP contribution in [0.1, 0.15) is 36.8 Å². The van der Waals surface area contributed by atoms with Crippen molar-refractivity contribution in [3.8, 4) is 22.6 Å². The normalized spacial score (nSPS) is 12.5. The molecule has 0 aliphatic heterocycles. The summed E-state index contributed by atoms with van der Waals surface area (Å²) in [5, 5.41) is 28.6. The highest BCUT2D eigenvalue weighted by Gasteiger charge is 2.28. The number of nitrogens with two attached hydrogens (primary N) is 5. The third kappa shape index (κ3) is 14.4. The second kappa shape index (κ2) is 21.8. The molecule has 0 saturated carbocycles. The number of aliphatic imine (C=N–C) groups is 2. The Balaban J connectivity index is 1.81. The van der Waals surface area contributed by atoms with Crippen LogP contribution in [0, 0.1) is 0 Å². The number of halogens is 4. The first-order valence-corrected chi connectivity index (χ1v) is 19.9. The second-order valence-electron chi connectivity index (χ2n) is 12.3. The molecule has 3 rings (SSSR count). The largest absolute Gasteiger partial charge is 0.506 e. The van der Waals surface area contributed by atoms with Gasteiger partial charge in [-0.1, -0.05) is 24.3 Å². The van der Waals surface area contributed by atoms with E-state index >= 15 is 0 Å². The van der Waals surface area contributed by atoms with Gasteiger partial charge in [-0.05, 0) is 142 Å². The molecule has 0 spiro atoms. The fourth-order valence-electron chi connectivity index (χ4n) is 5.20. The predicted molar refractivity (Wildman–Crippen MR) is 225 cm³/mol. The van der Waals surface area contributed by atoms with E-state index < -0.39 is 35.8 Å². The van der Waals surface area contributed by atoms with Crippen LogP contribution in [0.2, 0.25) is 0 Å². The quantitative estimate of drug-likeness (QED) is 0.0476. The molecule has 15 N–H and O–H groups in total. The van der Waals surface area contributed by atoms with Crippen molar-refractivity contribution < 1.29 is 24.6 Å². The summed E-state index contributed by atoms with van der Waals surface area (Å²) in [6.45, 7) is 0.747. The highest BCUT2D eigenvalue weighted by molar-refractivity contribution is 9.11. The summed E-state index contributed by atoms with van der Waals surface area (Å²) in [4.78, 5) is 48.6. The third-order valence-electron chi connectivity index (χ3n) is 8.05. The summed E-state index contributed by atoms with van der Waals surface area (Å²) in [6, 6.07) is 11.4. The molecule has 0 bridgehead atoms. The van der Waals surface area contributed by atoms with Crippen molar-refractivity contribution in [3.05, 3.63) is 77.5 Å². The number of rotatable bonds is 19. The number of hydrogen-bond acceptors (Lipinski definition) is 8. The zero-order valence-electron chi connectivity index (χ0n) is 29.1. The highest BCUT2D eigenvalue weighted by atomic mass is 79.9. The van der Waals surface area contributed by atoms with E-state index in [0.717, 1.165) is 22.3 Å². The average Bonchev–Trinajstić information content (AvgIpc) is 3.11. The van der Waals surface area contributed by atoms with E-state index in [2.05, 4.69) is 89.7 Å². The summed E-state index contributed by atoms with van der Waals surface area (Å²) in [5.74, 6) is -1.62. The fraction of sp³-hybridized carbons (Fsp3) is 0.343. The summed E-state index contributed by atoms with van der Waals surface area (Å²) in [5.41, 5.74) is 31.1. The first-order valence-electron chi connectivity index (χ1n) is 16.7. The molecule has 19 heteroatoms. The summed E-state index contributed by atoms with van der Waals surface area (Å²) >= 11 is 13.3. The van der Waals surface area contributed by atoms with Gasteiger partial charge in [-0.2, -0.15) is 0 Å². The van der Waals surface area contributed by atoms with Gasteiger partial charge in [-0.3, -0.25) is 24.4 Å². The maximum absolute atomic E-state index is 14.0. The van der Waals surface area contributed by atoms with E-state index in [1.54, 1.807) is 24.3 Å². The number of benzene rings is 3. The minimum atomic E-state index is -1.11. The van der Waals surface area contributed by atoms with E-state index in [1.807, 2.05) is 24.3 Å². The van der Waals surface area contributed by atoms with E-state index in [1.165, 1.54) is 0 Å². The molecule has 0 aliphatic rings. The zero-order chi connectivity index (χ0) is 39.9. The topological polar surface area (TPSA) is 283 Å². The molecule has 3 aromatic rings. The molecule has 3 atom stereocenters. The van der Waals surface area contributed by atoms with Crippen LogP contribution in [0.25, 0.3) is 11.1 Å². The molecule has 0 aromatic heterocycles.